The normalized spacial score (nSPS) is 17.4. The van der Waals surface area contributed by atoms with Crippen LogP contribution in [0.25, 0.3) is 0 Å². The highest BCUT2D eigenvalue weighted by Crippen LogP contribution is 2.28. The minimum atomic E-state index is -0.0493. The van der Waals surface area contributed by atoms with Crippen LogP contribution in [0.15, 0.2) is 29.2 Å². The van der Waals surface area contributed by atoms with E-state index < -0.39 is 0 Å². The molecule has 1 amide bonds. The average molecular weight is 298 g/mol. The van der Waals surface area contributed by atoms with Crippen LogP contribution in [0.3, 0.4) is 0 Å². The van der Waals surface area contributed by atoms with Gasteiger partial charge in [-0.3, -0.25) is 4.79 Å². The largest absolute Gasteiger partial charge is 0.342 e. The van der Waals surface area contributed by atoms with Gasteiger partial charge in [0.25, 0.3) is 0 Å². The van der Waals surface area contributed by atoms with Crippen molar-refractivity contribution in [3.05, 3.63) is 29.3 Å². The van der Waals surface area contributed by atoms with Crippen LogP contribution in [0.4, 0.5) is 0 Å². The van der Waals surface area contributed by atoms with Gasteiger partial charge in [0.15, 0.2) is 0 Å². The maximum atomic E-state index is 12.4. The highest BCUT2D eigenvalue weighted by atomic mass is 35.5. The summed E-state index contributed by atoms with van der Waals surface area (Å²) < 4.78 is 0. The van der Waals surface area contributed by atoms with Gasteiger partial charge in [-0.2, -0.15) is 0 Å². The Morgan fingerprint density at radius 3 is 2.47 bits per heavy atom. The van der Waals surface area contributed by atoms with Gasteiger partial charge in [0, 0.05) is 23.0 Å². The Labute approximate surface area is 124 Å². The second-order valence-electron chi connectivity index (χ2n) is 5.10. The van der Waals surface area contributed by atoms with Crippen molar-refractivity contribution < 1.29 is 4.79 Å². The molecule has 1 aliphatic rings. The molecule has 0 heterocycles. The number of thioether (sulfide) groups is 1. The zero-order valence-corrected chi connectivity index (χ0v) is 13.0. The number of benzene rings is 1. The van der Waals surface area contributed by atoms with Gasteiger partial charge in [0.1, 0.15) is 0 Å². The summed E-state index contributed by atoms with van der Waals surface area (Å²) in [6, 6.07) is 8.10. The smallest absolute Gasteiger partial charge is 0.235 e. The first-order chi connectivity index (χ1) is 9.08. The van der Waals surface area contributed by atoms with E-state index in [4.69, 9.17) is 11.6 Å². The lowest BCUT2D eigenvalue weighted by molar-refractivity contribution is -0.130. The third-order valence-electron chi connectivity index (χ3n) is 3.69. The minimum absolute atomic E-state index is 0.0493. The van der Waals surface area contributed by atoms with Crippen molar-refractivity contribution in [2.75, 3.05) is 7.05 Å². The topological polar surface area (TPSA) is 20.3 Å². The molecule has 1 aromatic rings. The predicted molar refractivity (Wildman–Crippen MR) is 81.8 cm³/mol. The van der Waals surface area contributed by atoms with E-state index in [0.29, 0.717) is 6.04 Å². The first-order valence-electron chi connectivity index (χ1n) is 6.77. The highest BCUT2D eigenvalue weighted by Gasteiger charge is 2.26. The third kappa shape index (κ3) is 3.90. The Hall–Kier alpha value is -0.670. The van der Waals surface area contributed by atoms with Gasteiger partial charge in [0.2, 0.25) is 5.91 Å². The Balaban J connectivity index is 1.93. The second kappa shape index (κ2) is 6.67. The molecule has 2 nitrogen and oxygen atoms in total. The number of nitrogens with zero attached hydrogens (tertiary/aromatic N) is 1. The summed E-state index contributed by atoms with van der Waals surface area (Å²) in [4.78, 5) is 15.4. The highest BCUT2D eigenvalue weighted by molar-refractivity contribution is 8.00. The van der Waals surface area contributed by atoms with Crippen molar-refractivity contribution in [2.24, 2.45) is 0 Å². The predicted octanol–water partition coefficient (Wildman–Crippen LogP) is 4.22. The van der Waals surface area contributed by atoms with Crippen molar-refractivity contribution in [2.45, 2.75) is 48.8 Å². The van der Waals surface area contributed by atoms with Gasteiger partial charge in [-0.25, -0.2) is 0 Å². The van der Waals surface area contributed by atoms with E-state index in [1.54, 1.807) is 11.8 Å². The van der Waals surface area contributed by atoms with E-state index >= 15 is 0 Å². The summed E-state index contributed by atoms with van der Waals surface area (Å²) >= 11 is 7.46. The molecule has 0 spiro atoms. The number of carbonyl (C=O) groups is 1. The molecule has 2 rings (SSSR count). The monoisotopic (exact) mass is 297 g/mol. The molecule has 0 unspecified atom stereocenters. The Kier molecular flexibility index (Phi) is 5.17. The zero-order valence-electron chi connectivity index (χ0n) is 11.4. The van der Waals surface area contributed by atoms with Crippen molar-refractivity contribution in [3.8, 4) is 0 Å². The zero-order chi connectivity index (χ0) is 13.8. The molecular weight excluding hydrogens is 278 g/mol. The van der Waals surface area contributed by atoms with Gasteiger partial charge < -0.3 is 4.90 Å². The molecule has 4 heteroatoms. The number of amides is 1. The molecule has 0 aliphatic heterocycles. The number of hydrogen-bond donors (Lipinski definition) is 0. The molecule has 1 saturated carbocycles. The van der Waals surface area contributed by atoms with Gasteiger partial charge >= 0.3 is 0 Å². The molecule has 104 valence electrons. The van der Waals surface area contributed by atoms with Gasteiger partial charge in [-0.1, -0.05) is 24.4 Å². The molecule has 1 aliphatic carbocycles. The second-order valence-corrected chi connectivity index (χ2v) is 6.95. The standard InChI is InChI=1S/C15H20ClNOS/c1-11(19-14-9-7-12(16)8-10-14)15(18)17(2)13-5-3-4-6-13/h7-11,13H,3-6H2,1-2H3/t11-/m1/s1. The van der Waals surface area contributed by atoms with Crippen LogP contribution in [0, 0.1) is 0 Å². The van der Waals surface area contributed by atoms with E-state index in [-0.39, 0.29) is 11.2 Å². The average Bonchev–Trinajstić information content (AvgIpc) is 2.93. The lowest BCUT2D eigenvalue weighted by Crippen LogP contribution is -2.39. The first-order valence-corrected chi connectivity index (χ1v) is 8.02. The fourth-order valence-corrected chi connectivity index (χ4v) is 3.62. The van der Waals surface area contributed by atoms with E-state index in [9.17, 15) is 4.79 Å². The summed E-state index contributed by atoms with van der Waals surface area (Å²) in [5.41, 5.74) is 0. The molecule has 0 aromatic heterocycles. The molecule has 0 saturated heterocycles. The van der Waals surface area contributed by atoms with Crippen LogP contribution < -0.4 is 0 Å². The summed E-state index contributed by atoms with van der Waals surface area (Å²) in [7, 11) is 1.94. The number of halogens is 1. The van der Waals surface area contributed by atoms with Crippen LogP contribution >= 0.6 is 23.4 Å². The Morgan fingerprint density at radius 2 is 1.89 bits per heavy atom. The fraction of sp³-hybridized carbons (Fsp3) is 0.533. The van der Waals surface area contributed by atoms with E-state index in [0.717, 1.165) is 22.8 Å². The molecule has 0 N–H and O–H groups in total. The summed E-state index contributed by atoms with van der Waals surface area (Å²) in [6.07, 6.45) is 4.81. The minimum Gasteiger partial charge on any atom is -0.342 e. The molecule has 19 heavy (non-hydrogen) atoms. The van der Waals surface area contributed by atoms with Gasteiger partial charge in [0.05, 0.1) is 5.25 Å². The molecule has 0 radical (unpaired) electrons. The SMILES string of the molecule is C[C@@H](Sc1ccc(Cl)cc1)C(=O)N(C)C1CCCC1. The number of rotatable bonds is 4. The molecule has 1 atom stereocenters. The maximum absolute atomic E-state index is 12.4. The summed E-state index contributed by atoms with van der Waals surface area (Å²) in [6.45, 7) is 1.98. The van der Waals surface area contributed by atoms with Gasteiger partial charge in [-0.15, -0.1) is 11.8 Å². The summed E-state index contributed by atoms with van der Waals surface area (Å²) in [5.74, 6) is 0.229. The van der Waals surface area contributed by atoms with Crippen molar-refractivity contribution in [3.63, 3.8) is 0 Å². The van der Waals surface area contributed by atoms with Crippen LogP contribution in [-0.4, -0.2) is 29.1 Å². The summed E-state index contributed by atoms with van der Waals surface area (Å²) in [5, 5.41) is 0.679. The molecule has 1 aromatic carbocycles. The maximum Gasteiger partial charge on any atom is 0.235 e. The van der Waals surface area contributed by atoms with Crippen LogP contribution in [0.2, 0.25) is 5.02 Å². The van der Waals surface area contributed by atoms with Crippen molar-refractivity contribution in [1.82, 2.24) is 4.90 Å². The molecule has 1 fully saturated rings. The van der Waals surface area contributed by atoms with E-state index in [1.807, 2.05) is 43.1 Å². The Bertz CT molecular complexity index is 428. The Morgan fingerprint density at radius 1 is 1.32 bits per heavy atom. The lowest BCUT2D eigenvalue weighted by atomic mass is 10.2. The fourth-order valence-electron chi connectivity index (χ4n) is 2.53. The molecular formula is C15H20ClNOS. The third-order valence-corrected chi connectivity index (χ3v) is 5.05. The quantitative estimate of drug-likeness (QED) is 0.776. The van der Waals surface area contributed by atoms with Crippen LogP contribution in [-0.2, 0) is 4.79 Å². The van der Waals surface area contributed by atoms with Crippen molar-refractivity contribution in [1.29, 1.82) is 0 Å². The van der Waals surface area contributed by atoms with Gasteiger partial charge in [-0.05, 0) is 44.0 Å². The lowest BCUT2D eigenvalue weighted by Gasteiger charge is -2.27. The first kappa shape index (κ1) is 14.7. The van der Waals surface area contributed by atoms with E-state index in [1.165, 1.54) is 12.8 Å². The van der Waals surface area contributed by atoms with Crippen molar-refractivity contribution >= 4 is 29.3 Å². The van der Waals surface area contributed by atoms with Crippen LogP contribution in [0.1, 0.15) is 32.6 Å². The number of carbonyl (C=O) groups excluding carboxylic acids is 1. The molecule has 0 bridgehead atoms. The van der Waals surface area contributed by atoms with E-state index in [2.05, 4.69) is 0 Å². The van der Waals surface area contributed by atoms with Crippen LogP contribution in [0.5, 0.6) is 0 Å². The number of hydrogen-bond acceptors (Lipinski definition) is 2.